The number of nitrogens with zero attached hydrogens (tertiary/aromatic N) is 4. The number of benzene rings is 1. The second kappa shape index (κ2) is 10.2. The van der Waals surface area contributed by atoms with Crippen molar-refractivity contribution in [2.24, 2.45) is 5.41 Å². The van der Waals surface area contributed by atoms with Crippen LogP contribution in [-0.2, 0) is 0 Å². The van der Waals surface area contributed by atoms with E-state index < -0.39 is 6.09 Å². The highest BCUT2D eigenvalue weighted by Gasteiger charge is 2.48. The molecule has 1 aliphatic carbocycles. The number of amides is 1. The first kappa shape index (κ1) is 24.9. The molecule has 2 fully saturated rings. The van der Waals surface area contributed by atoms with E-state index in [0.717, 1.165) is 31.4 Å². The number of hydrogen-bond acceptors (Lipinski definition) is 6. The molecule has 8 nitrogen and oxygen atoms in total. The Balaban J connectivity index is 1.65. The Hall–Kier alpha value is -3.25. The fraction of sp³-hybridized carbons (Fsp3) is 0.538. The highest BCUT2D eigenvalue weighted by atomic mass is 19.1. The molecular formula is C26H32FN5O3. The van der Waals surface area contributed by atoms with Crippen LogP contribution in [0.1, 0.15) is 63.5 Å². The predicted molar refractivity (Wildman–Crippen MR) is 127 cm³/mol. The molecule has 0 radical (unpaired) electrons. The van der Waals surface area contributed by atoms with Crippen molar-refractivity contribution in [3.05, 3.63) is 53.6 Å². The summed E-state index contributed by atoms with van der Waals surface area (Å²) in [6.07, 6.45) is 4.76. The van der Waals surface area contributed by atoms with Crippen LogP contribution in [0.3, 0.4) is 0 Å². The second-order valence-corrected chi connectivity index (χ2v) is 10.6. The van der Waals surface area contributed by atoms with E-state index in [1.807, 2.05) is 18.2 Å². The zero-order valence-electron chi connectivity index (χ0n) is 20.3. The van der Waals surface area contributed by atoms with E-state index in [9.17, 15) is 14.3 Å². The highest BCUT2D eigenvalue weighted by molar-refractivity contribution is 5.65. The topological polar surface area (TPSA) is 111 Å². The number of carbonyl (C=O) groups is 1. The van der Waals surface area contributed by atoms with E-state index >= 15 is 0 Å². The van der Waals surface area contributed by atoms with Gasteiger partial charge >= 0.3 is 12.1 Å². The second-order valence-electron chi connectivity index (χ2n) is 10.6. The molecule has 2 N–H and O–H groups in total. The van der Waals surface area contributed by atoms with Crippen molar-refractivity contribution in [1.29, 1.82) is 5.26 Å². The molecule has 1 aliphatic heterocycles. The van der Waals surface area contributed by atoms with Crippen LogP contribution >= 0.6 is 0 Å². The van der Waals surface area contributed by atoms with Crippen LogP contribution in [0, 0.1) is 22.6 Å². The maximum atomic E-state index is 13.6. The first-order chi connectivity index (χ1) is 16.7. The fourth-order valence-electron chi connectivity index (χ4n) is 5.83. The lowest BCUT2D eigenvalue weighted by atomic mass is 9.76. The minimum absolute atomic E-state index is 0.00748. The van der Waals surface area contributed by atoms with Crippen molar-refractivity contribution in [1.82, 2.24) is 20.2 Å². The van der Waals surface area contributed by atoms with Crippen LogP contribution < -0.4 is 10.1 Å². The molecule has 1 aromatic carbocycles. The molecule has 2 aliphatic rings. The third-order valence-electron chi connectivity index (χ3n) is 7.12. The van der Waals surface area contributed by atoms with Gasteiger partial charge in [0.25, 0.3) is 0 Å². The number of nitrogens with one attached hydrogen (secondary N) is 1. The number of nitriles is 1. The number of hydrogen-bond donors (Lipinski definition) is 2. The SMILES string of the molecule is CC(C)(C)[C@@H]1C(NC(=O)O)CCCN1C1CC(c2ccc(F)cc2)CC1Oc1ncc(C#N)cn1. The number of piperidine rings is 1. The van der Waals surface area contributed by atoms with Crippen LogP contribution in [0.2, 0.25) is 0 Å². The Morgan fingerprint density at radius 3 is 2.51 bits per heavy atom. The van der Waals surface area contributed by atoms with Gasteiger partial charge in [-0.2, -0.15) is 5.26 Å². The number of likely N-dealkylation sites (tertiary alicyclic amines) is 1. The molecule has 4 rings (SSSR count). The molecule has 4 unspecified atom stereocenters. The average Bonchev–Trinajstić information content (AvgIpc) is 3.22. The Morgan fingerprint density at radius 1 is 1.23 bits per heavy atom. The van der Waals surface area contributed by atoms with Crippen molar-refractivity contribution in [2.75, 3.05) is 6.54 Å². The lowest BCUT2D eigenvalue weighted by molar-refractivity contribution is -0.0249. The van der Waals surface area contributed by atoms with Gasteiger partial charge < -0.3 is 15.2 Å². The Bertz CT molecular complexity index is 1060. The van der Waals surface area contributed by atoms with Crippen molar-refractivity contribution in [3.63, 3.8) is 0 Å². The number of halogens is 1. The van der Waals surface area contributed by atoms with E-state index in [4.69, 9.17) is 10.00 Å². The minimum atomic E-state index is -1.01. The number of ether oxygens (including phenoxy) is 1. The van der Waals surface area contributed by atoms with E-state index in [0.29, 0.717) is 12.0 Å². The van der Waals surface area contributed by atoms with Crippen LogP contribution in [0.25, 0.3) is 0 Å². The smallest absolute Gasteiger partial charge is 0.404 e. The summed E-state index contributed by atoms with van der Waals surface area (Å²) >= 11 is 0. The lowest BCUT2D eigenvalue weighted by Crippen LogP contribution is -2.64. The van der Waals surface area contributed by atoms with Crippen LogP contribution in [-0.4, -0.2) is 56.8 Å². The third kappa shape index (κ3) is 5.70. The molecule has 2 heterocycles. The van der Waals surface area contributed by atoms with Gasteiger partial charge in [-0.25, -0.2) is 19.2 Å². The summed E-state index contributed by atoms with van der Waals surface area (Å²) < 4.78 is 19.9. The maximum absolute atomic E-state index is 13.6. The van der Waals surface area contributed by atoms with Crippen molar-refractivity contribution in [2.45, 2.75) is 76.6 Å². The molecule has 2 aromatic rings. The van der Waals surface area contributed by atoms with E-state index in [1.54, 1.807) is 0 Å². The van der Waals surface area contributed by atoms with Gasteiger partial charge in [0.2, 0.25) is 0 Å². The van der Waals surface area contributed by atoms with Crippen molar-refractivity contribution < 1.29 is 19.0 Å². The molecule has 0 spiro atoms. The predicted octanol–water partition coefficient (Wildman–Crippen LogP) is 4.33. The van der Waals surface area contributed by atoms with Gasteiger partial charge in [-0.1, -0.05) is 32.9 Å². The van der Waals surface area contributed by atoms with Crippen LogP contribution in [0.5, 0.6) is 6.01 Å². The highest BCUT2D eigenvalue weighted by Crippen LogP contribution is 2.43. The molecule has 1 saturated carbocycles. The Morgan fingerprint density at radius 2 is 1.91 bits per heavy atom. The Kier molecular flexibility index (Phi) is 7.22. The monoisotopic (exact) mass is 481 g/mol. The summed E-state index contributed by atoms with van der Waals surface area (Å²) in [4.78, 5) is 22.4. The summed E-state index contributed by atoms with van der Waals surface area (Å²) in [5.41, 5.74) is 1.22. The van der Waals surface area contributed by atoms with Gasteiger partial charge in [-0.05, 0) is 61.3 Å². The molecule has 5 atom stereocenters. The third-order valence-corrected chi connectivity index (χ3v) is 7.12. The van der Waals surface area contributed by atoms with Crippen molar-refractivity contribution >= 4 is 6.09 Å². The molecule has 1 saturated heterocycles. The zero-order valence-corrected chi connectivity index (χ0v) is 20.3. The van der Waals surface area contributed by atoms with Gasteiger partial charge in [0.05, 0.1) is 18.0 Å². The number of rotatable bonds is 5. The van der Waals surface area contributed by atoms with E-state index in [1.165, 1.54) is 24.5 Å². The van der Waals surface area contributed by atoms with Gasteiger partial charge in [0, 0.05) is 18.1 Å². The standard InChI is InChI=1S/C26H32FN5O3/c1-26(2,3)23-20(31-25(33)34)5-4-10-32(23)21-11-18(17-6-8-19(27)9-7-17)12-22(21)35-24-29-14-16(13-28)15-30-24/h6-9,14-15,18,20-23,31H,4-5,10-12H2,1-3H3,(H,33,34)/t18?,20?,21?,22?,23-/m0/s1. The van der Waals surface area contributed by atoms with Gasteiger partial charge in [0.1, 0.15) is 18.0 Å². The maximum Gasteiger partial charge on any atom is 0.404 e. The molecule has 1 aromatic heterocycles. The molecule has 186 valence electrons. The van der Waals surface area contributed by atoms with Gasteiger partial charge in [-0.15, -0.1) is 0 Å². The molecule has 35 heavy (non-hydrogen) atoms. The summed E-state index contributed by atoms with van der Waals surface area (Å²) in [5, 5.41) is 21.3. The molecule has 9 heteroatoms. The fourth-order valence-corrected chi connectivity index (χ4v) is 5.83. The summed E-state index contributed by atoms with van der Waals surface area (Å²) in [5.74, 6) is -0.120. The quantitative estimate of drug-likeness (QED) is 0.654. The zero-order chi connectivity index (χ0) is 25.2. The number of aromatic nitrogens is 2. The van der Waals surface area contributed by atoms with Crippen LogP contribution in [0.4, 0.5) is 9.18 Å². The normalized spacial score (nSPS) is 27.2. The molecular weight excluding hydrogens is 449 g/mol. The first-order valence-corrected chi connectivity index (χ1v) is 12.0. The Labute approximate surface area is 205 Å². The van der Waals surface area contributed by atoms with Crippen molar-refractivity contribution in [3.8, 4) is 12.1 Å². The molecule has 1 amide bonds. The summed E-state index contributed by atoms with van der Waals surface area (Å²) in [6.45, 7) is 7.24. The number of carboxylic acid groups (broad SMARTS) is 1. The summed E-state index contributed by atoms with van der Waals surface area (Å²) in [6, 6.07) is 8.59. The van der Waals surface area contributed by atoms with Gasteiger partial charge in [0.15, 0.2) is 0 Å². The molecule has 0 bridgehead atoms. The average molecular weight is 482 g/mol. The van der Waals surface area contributed by atoms with E-state index in [2.05, 4.69) is 41.0 Å². The minimum Gasteiger partial charge on any atom is -0.465 e. The van der Waals surface area contributed by atoms with E-state index in [-0.39, 0.29) is 47.4 Å². The van der Waals surface area contributed by atoms with Crippen LogP contribution in [0.15, 0.2) is 36.7 Å². The summed E-state index contributed by atoms with van der Waals surface area (Å²) in [7, 11) is 0. The lowest BCUT2D eigenvalue weighted by Gasteiger charge is -2.51. The first-order valence-electron chi connectivity index (χ1n) is 12.0. The largest absolute Gasteiger partial charge is 0.465 e. The van der Waals surface area contributed by atoms with Gasteiger partial charge in [-0.3, -0.25) is 4.90 Å².